The van der Waals surface area contributed by atoms with E-state index in [1.807, 2.05) is 72.9 Å². The summed E-state index contributed by atoms with van der Waals surface area (Å²) in [4.78, 5) is 46.5. The van der Waals surface area contributed by atoms with Crippen molar-refractivity contribution in [2.24, 2.45) is 0 Å². The molecule has 1 aliphatic rings. The molecule has 12 nitrogen and oxygen atoms in total. The van der Waals surface area contributed by atoms with Crippen LogP contribution in [0.15, 0.2) is 114 Å². The maximum Gasteiger partial charge on any atom is 0.319 e. The van der Waals surface area contributed by atoms with Crippen LogP contribution in [-0.4, -0.2) is 79.3 Å². The summed E-state index contributed by atoms with van der Waals surface area (Å²) in [6, 6.07) is 29.3. The number of thiocarbonyl (C=S) groups is 1. The van der Waals surface area contributed by atoms with E-state index in [2.05, 4.69) is 54.8 Å². The first-order chi connectivity index (χ1) is 29.0. The van der Waals surface area contributed by atoms with Crippen molar-refractivity contribution in [2.45, 2.75) is 18.8 Å². The number of piperidine rings is 1. The molecule has 59 heavy (non-hydrogen) atoms. The Labute approximate surface area is 353 Å². The molecule has 2 amide bonds. The van der Waals surface area contributed by atoms with E-state index in [9.17, 15) is 4.79 Å². The summed E-state index contributed by atoms with van der Waals surface area (Å²) < 4.78 is 5.02. The van der Waals surface area contributed by atoms with E-state index in [1.54, 1.807) is 42.0 Å². The lowest BCUT2D eigenvalue weighted by Gasteiger charge is -2.34. The molecule has 15 heteroatoms. The molecule has 0 radical (unpaired) electrons. The molecule has 0 bridgehead atoms. The molecule has 6 aromatic heterocycles. The second-order valence-electron chi connectivity index (χ2n) is 14.0. The smallest absolute Gasteiger partial charge is 0.319 e. The Hall–Kier alpha value is -6.26. The molecule has 1 saturated heterocycles. The van der Waals surface area contributed by atoms with Crippen molar-refractivity contribution in [3.05, 3.63) is 120 Å². The van der Waals surface area contributed by atoms with Crippen LogP contribution >= 0.6 is 34.9 Å². The standard InChI is InChI=1S/C44H38N10O2S3/c1-56-21-18-46-43(55)48-29-10-13-31-35(24-29)52-40(39(50-31)33-6-2-3-17-45-33)34-12-9-28(26-47-34)27-15-19-54(20-16-27)44(57)49-30-11-14-32-36(25-30)53-42(38-8-5-23-59-38)41(51-32)37-7-4-22-58-37/h2-14,17,22-27H,15-16,18-21H2,1H3,(H,49,57)(H2,46,48,55). The van der Waals surface area contributed by atoms with E-state index in [4.69, 9.17) is 41.9 Å². The van der Waals surface area contributed by atoms with Crippen molar-refractivity contribution in [3.63, 3.8) is 0 Å². The number of nitrogens with zero attached hydrogens (tertiary/aromatic N) is 7. The molecule has 2 aromatic carbocycles. The lowest BCUT2D eigenvalue weighted by atomic mass is 9.90. The first kappa shape index (κ1) is 38.3. The zero-order chi connectivity index (χ0) is 40.1. The van der Waals surface area contributed by atoms with Crippen LogP contribution in [-0.2, 0) is 4.74 Å². The largest absolute Gasteiger partial charge is 0.383 e. The molecule has 7 heterocycles. The maximum absolute atomic E-state index is 12.4. The summed E-state index contributed by atoms with van der Waals surface area (Å²) in [6.45, 7) is 2.46. The Morgan fingerprint density at radius 3 is 1.95 bits per heavy atom. The first-order valence-electron chi connectivity index (χ1n) is 19.2. The van der Waals surface area contributed by atoms with Crippen molar-refractivity contribution in [1.82, 2.24) is 40.1 Å². The average molecular weight is 835 g/mol. The normalized spacial score (nSPS) is 13.1. The van der Waals surface area contributed by atoms with Crippen LogP contribution in [0.25, 0.3) is 66.0 Å². The highest BCUT2D eigenvalue weighted by Crippen LogP contribution is 2.37. The molecule has 8 aromatic rings. The molecule has 0 spiro atoms. The minimum atomic E-state index is -0.325. The number of fused-ring (bicyclic) bond motifs is 2. The van der Waals surface area contributed by atoms with Gasteiger partial charge in [-0.2, -0.15) is 0 Å². The van der Waals surface area contributed by atoms with Gasteiger partial charge in [0.25, 0.3) is 0 Å². The number of nitrogens with one attached hydrogen (secondary N) is 3. The number of thiophene rings is 2. The van der Waals surface area contributed by atoms with Gasteiger partial charge in [-0.15, -0.1) is 22.7 Å². The molecule has 0 saturated carbocycles. The average Bonchev–Trinajstić information content (AvgIpc) is 4.02. The highest BCUT2D eigenvalue weighted by molar-refractivity contribution is 7.80. The molecule has 0 unspecified atom stereocenters. The third-order valence-electron chi connectivity index (χ3n) is 10.1. The van der Waals surface area contributed by atoms with Crippen molar-refractivity contribution < 1.29 is 9.53 Å². The van der Waals surface area contributed by atoms with Gasteiger partial charge in [0.15, 0.2) is 5.11 Å². The van der Waals surface area contributed by atoms with Gasteiger partial charge in [-0.1, -0.05) is 24.3 Å². The first-order valence-corrected chi connectivity index (χ1v) is 21.3. The van der Waals surface area contributed by atoms with Crippen LogP contribution in [0.4, 0.5) is 16.2 Å². The summed E-state index contributed by atoms with van der Waals surface area (Å²) in [7, 11) is 1.59. The fourth-order valence-corrected chi connectivity index (χ4v) is 8.87. The fraction of sp³-hybridized carbons (Fsp3) is 0.182. The zero-order valence-electron chi connectivity index (χ0n) is 32.0. The Kier molecular flexibility index (Phi) is 11.2. The van der Waals surface area contributed by atoms with Gasteiger partial charge in [0.1, 0.15) is 22.8 Å². The lowest BCUT2D eigenvalue weighted by molar-refractivity contribution is 0.198. The van der Waals surface area contributed by atoms with Crippen LogP contribution in [0.1, 0.15) is 24.3 Å². The van der Waals surface area contributed by atoms with E-state index < -0.39 is 0 Å². The molecule has 0 atom stereocenters. The van der Waals surface area contributed by atoms with E-state index in [-0.39, 0.29) is 6.03 Å². The molecule has 1 fully saturated rings. The number of aromatic nitrogens is 6. The second-order valence-corrected chi connectivity index (χ2v) is 16.2. The number of hydrogen-bond donors (Lipinski definition) is 3. The third kappa shape index (κ3) is 8.50. The number of carbonyl (C=O) groups excluding carboxylic acids is 1. The predicted octanol–water partition coefficient (Wildman–Crippen LogP) is 9.50. The van der Waals surface area contributed by atoms with Crippen LogP contribution < -0.4 is 16.0 Å². The highest BCUT2D eigenvalue weighted by Gasteiger charge is 2.24. The number of ether oxygens (including phenoxy) is 1. The van der Waals surface area contributed by atoms with Crippen molar-refractivity contribution in [1.29, 1.82) is 0 Å². The quantitative estimate of drug-likeness (QED) is 0.0896. The molecular weight excluding hydrogens is 797 g/mol. The van der Waals surface area contributed by atoms with Crippen molar-refractivity contribution in [2.75, 3.05) is 44.0 Å². The zero-order valence-corrected chi connectivity index (χ0v) is 34.4. The van der Waals surface area contributed by atoms with E-state index >= 15 is 0 Å². The topological polar surface area (TPSA) is 143 Å². The Morgan fingerprint density at radius 1 is 0.729 bits per heavy atom. The summed E-state index contributed by atoms with van der Waals surface area (Å²) >= 11 is 9.26. The number of amides is 2. The Balaban J connectivity index is 0.886. The van der Waals surface area contributed by atoms with Crippen molar-refractivity contribution >= 4 is 79.5 Å². The van der Waals surface area contributed by atoms with Crippen LogP contribution in [0, 0.1) is 0 Å². The molecule has 0 aliphatic carbocycles. The molecule has 3 N–H and O–H groups in total. The van der Waals surface area contributed by atoms with E-state index in [1.165, 1.54) is 5.56 Å². The van der Waals surface area contributed by atoms with Gasteiger partial charge in [-0.3, -0.25) is 9.97 Å². The van der Waals surface area contributed by atoms with Crippen LogP contribution in [0.2, 0.25) is 0 Å². The van der Waals surface area contributed by atoms with Gasteiger partial charge in [-0.05, 0) is 114 Å². The van der Waals surface area contributed by atoms with Crippen molar-refractivity contribution in [3.8, 4) is 43.9 Å². The Bertz CT molecular complexity index is 2740. The number of urea groups is 1. The maximum atomic E-state index is 12.4. The Morgan fingerprint density at radius 2 is 1.36 bits per heavy atom. The number of methoxy groups -OCH3 is 1. The van der Waals surface area contributed by atoms with E-state index in [0.29, 0.717) is 63.7 Å². The molecular formula is C44H38N10O2S3. The number of benzene rings is 2. The number of anilines is 2. The lowest BCUT2D eigenvalue weighted by Crippen LogP contribution is -2.40. The molecule has 1 aliphatic heterocycles. The number of pyridine rings is 2. The monoisotopic (exact) mass is 834 g/mol. The van der Waals surface area contributed by atoms with Gasteiger partial charge >= 0.3 is 6.03 Å². The third-order valence-corrected chi connectivity index (χ3v) is 12.2. The van der Waals surface area contributed by atoms with Gasteiger partial charge in [0.05, 0.1) is 49.8 Å². The summed E-state index contributed by atoms with van der Waals surface area (Å²) in [5, 5.41) is 13.9. The number of carbonyl (C=O) groups is 1. The summed E-state index contributed by atoms with van der Waals surface area (Å²) in [6.07, 6.45) is 5.56. The minimum Gasteiger partial charge on any atom is -0.383 e. The number of hydrogen-bond acceptors (Lipinski definition) is 11. The van der Waals surface area contributed by atoms with Gasteiger partial charge in [0.2, 0.25) is 0 Å². The second kappa shape index (κ2) is 17.3. The van der Waals surface area contributed by atoms with Crippen LogP contribution in [0.5, 0.6) is 0 Å². The summed E-state index contributed by atoms with van der Waals surface area (Å²) in [5.41, 5.74) is 10.0. The summed E-state index contributed by atoms with van der Waals surface area (Å²) in [5.74, 6) is 0.335. The molecule has 9 rings (SSSR count). The predicted molar refractivity (Wildman–Crippen MR) is 241 cm³/mol. The van der Waals surface area contributed by atoms with Crippen LogP contribution in [0.3, 0.4) is 0 Å². The van der Waals surface area contributed by atoms with E-state index in [0.717, 1.165) is 63.8 Å². The van der Waals surface area contributed by atoms with Gasteiger partial charge < -0.3 is 25.6 Å². The van der Waals surface area contributed by atoms with Gasteiger partial charge in [-0.25, -0.2) is 24.7 Å². The van der Waals surface area contributed by atoms with Gasteiger partial charge in [0, 0.05) is 50.5 Å². The fourth-order valence-electron chi connectivity index (χ4n) is 7.14. The highest BCUT2D eigenvalue weighted by atomic mass is 32.1. The minimum absolute atomic E-state index is 0.325. The molecule has 294 valence electrons. The number of rotatable bonds is 10. The number of likely N-dealkylation sites (tertiary alicyclic amines) is 1. The SMILES string of the molecule is COCCNC(=O)Nc1ccc2nc(-c3ccccn3)c(-c3ccc(C4CCN(C(=S)Nc5ccc6nc(-c7cccs7)c(-c7cccs7)nc6c5)CC4)cn3)nc2c1.